The quantitative estimate of drug-likeness (QED) is 0.810. The van der Waals surface area contributed by atoms with E-state index in [1.165, 1.54) is 58.3 Å². The lowest BCUT2D eigenvalue weighted by molar-refractivity contribution is 0.0853. The zero-order valence-corrected chi connectivity index (χ0v) is 11.6. The highest BCUT2D eigenvalue weighted by Crippen LogP contribution is 2.28. The van der Waals surface area contributed by atoms with Crippen LogP contribution in [-0.4, -0.2) is 54.1 Å². The van der Waals surface area contributed by atoms with Gasteiger partial charge in [-0.3, -0.25) is 9.80 Å². The van der Waals surface area contributed by atoms with E-state index < -0.39 is 0 Å². The van der Waals surface area contributed by atoms with Crippen LogP contribution in [0.2, 0.25) is 0 Å². The lowest BCUT2D eigenvalue weighted by atomic mass is 9.98. The van der Waals surface area contributed by atoms with Gasteiger partial charge >= 0.3 is 0 Å². The van der Waals surface area contributed by atoms with Crippen LogP contribution in [0, 0.1) is 0 Å². The van der Waals surface area contributed by atoms with Crippen LogP contribution in [0.4, 0.5) is 0 Å². The van der Waals surface area contributed by atoms with Crippen LogP contribution in [0.3, 0.4) is 0 Å². The van der Waals surface area contributed by atoms with Gasteiger partial charge in [-0.2, -0.15) is 0 Å². The lowest BCUT2D eigenvalue weighted by Gasteiger charge is -2.40. The van der Waals surface area contributed by atoms with Crippen molar-refractivity contribution < 1.29 is 0 Å². The Kier molecular flexibility index (Phi) is 4.45. The fourth-order valence-corrected chi connectivity index (χ4v) is 3.30. The number of nitrogens with two attached hydrogens (primary N) is 1. The Bertz CT molecular complexity index is 228. The van der Waals surface area contributed by atoms with E-state index in [0.717, 1.165) is 12.6 Å². The number of hydrogen-bond acceptors (Lipinski definition) is 3. The second-order valence-electron chi connectivity index (χ2n) is 6.14. The number of rotatable bonds is 4. The second-order valence-corrected chi connectivity index (χ2v) is 6.14. The monoisotopic (exact) mass is 239 g/mol. The summed E-state index contributed by atoms with van der Waals surface area (Å²) >= 11 is 0. The highest BCUT2D eigenvalue weighted by Gasteiger charge is 2.32. The van der Waals surface area contributed by atoms with E-state index in [-0.39, 0.29) is 5.54 Å². The summed E-state index contributed by atoms with van der Waals surface area (Å²) in [7, 11) is 0. The maximum Gasteiger partial charge on any atom is 0.0283 e. The molecule has 17 heavy (non-hydrogen) atoms. The van der Waals surface area contributed by atoms with E-state index in [9.17, 15) is 0 Å². The molecule has 1 aliphatic heterocycles. The van der Waals surface area contributed by atoms with Crippen molar-refractivity contribution >= 4 is 0 Å². The Balaban J connectivity index is 1.75. The molecule has 2 aliphatic rings. The third kappa shape index (κ3) is 3.43. The minimum absolute atomic E-state index is 0.137. The molecule has 1 aliphatic carbocycles. The van der Waals surface area contributed by atoms with Gasteiger partial charge in [0.05, 0.1) is 0 Å². The van der Waals surface area contributed by atoms with Crippen LogP contribution in [0.15, 0.2) is 0 Å². The van der Waals surface area contributed by atoms with Crippen molar-refractivity contribution in [1.29, 1.82) is 0 Å². The first-order valence-electron chi connectivity index (χ1n) is 7.38. The smallest absolute Gasteiger partial charge is 0.0283 e. The first kappa shape index (κ1) is 13.3. The zero-order chi connectivity index (χ0) is 12.3. The molecule has 1 unspecified atom stereocenters. The first-order chi connectivity index (χ1) is 8.13. The molecular weight excluding hydrogens is 210 g/mol. The Morgan fingerprint density at radius 1 is 1.12 bits per heavy atom. The Hall–Kier alpha value is -0.120. The van der Waals surface area contributed by atoms with Gasteiger partial charge in [-0.15, -0.1) is 0 Å². The van der Waals surface area contributed by atoms with Crippen LogP contribution in [0.5, 0.6) is 0 Å². The molecule has 2 N–H and O–H groups in total. The highest BCUT2D eigenvalue weighted by molar-refractivity contribution is 4.93. The van der Waals surface area contributed by atoms with Gasteiger partial charge in [0.1, 0.15) is 0 Å². The van der Waals surface area contributed by atoms with E-state index in [2.05, 4.69) is 23.6 Å². The molecule has 3 nitrogen and oxygen atoms in total. The number of hydrogen-bond donors (Lipinski definition) is 1. The Labute approximate surface area is 106 Å². The molecule has 1 heterocycles. The number of piperazine rings is 1. The number of nitrogens with zero attached hydrogens (tertiary/aromatic N) is 2. The van der Waals surface area contributed by atoms with Crippen LogP contribution in [-0.2, 0) is 0 Å². The molecule has 0 amide bonds. The molecule has 0 radical (unpaired) electrons. The molecular formula is C14H29N3. The van der Waals surface area contributed by atoms with Crippen molar-refractivity contribution in [3.8, 4) is 0 Å². The van der Waals surface area contributed by atoms with Gasteiger partial charge in [-0.25, -0.2) is 0 Å². The largest absolute Gasteiger partial charge is 0.324 e. The van der Waals surface area contributed by atoms with Crippen molar-refractivity contribution in [2.24, 2.45) is 5.73 Å². The summed E-state index contributed by atoms with van der Waals surface area (Å²) in [5.41, 5.74) is 6.59. The van der Waals surface area contributed by atoms with E-state index in [0.29, 0.717) is 0 Å². The summed E-state index contributed by atoms with van der Waals surface area (Å²) in [5, 5.41) is 0. The summed E-state index contributed by atoms with van der Waals surface area (Å²) in [5.74, 6) is 0. The predicted octanol–water partition coefficient (Wildman–Crippen LogP) is 1.67. The van der Waals surface area contributed by atoms with E-state index in [4.69, 9.17) is 5.73 Å². The summed E-state index contributed by atoms with van der Waals surface area (Å²) in [6.45, 7) is 10.6. The Morgan fingerprint density at radius 2 is 1.71 bits per heavy atom. The molecule has 1 atom stereocenters. The van der Waals surface area contributed by atoms with Crippen molar-refractivity contribution in [1.82, 2.24) is 9.80 Å². The molecule has 0 aromatic carbocycles. The molecule has 1 saturated heterocycles. The minimum atomic E-state index is 0.137. The molecule has 0 bridgehead atoms. The summed E-state index contributed by atoms with van der Waals surface area (Å²) in [4.78, 5) is 5.21. The predicted molar refractivity (Wildman–Crippen MR) is 73.2 cm³/mol. The fraction of sp³-hybridized carbons (Fsp3) is 1.00. The molecule has 100 valence electrons. The molecule has 0 spiro atoms. The van der Waals surface area contributed by atoms with Gasteiger partial charge in [0.15, 0.2) is 0 Å². The van der Waals surface area contributed by atoms with Crippen molar-refractivity contribution in [3.63, 3.8) is 0 Å². The van der Waals surface area contributed by atoms with Crippen LogP contribution < -0.4 is 5.73 Å². The Morgan fingerprint density at radius 3 is 2.24 bits per heavy atom. The summed E-state index contributed by atoms with van der Waals surface area (Å²) < 4.78 is 0. The average molecular weight is 239 g/mol. The average Bonchev–Trinajstić information content (AvgIpc) is 2.76. The van der Waals surface area contributed by atoms with E-state index in [1.54, 1.807) is 0 Å². The standard InChI is InChI=1S/C14H29N3/c1-3-13(2)17-10-8-16(9-11-17)12-14(15)6-4-5-7-14/h13H,3-12,15H2,1-2H3. The van der Waals surface area contributed by atoms with Crippen LogP contribution >= 0.6 is 0 Å². The molecule has 1 saturated carbocycles. The maximum atomic E-state index is 6.46. The summed E-state index contributed by atoms with van der Waals surface area (Å²) in [6.07, 6.45) is 6.41. The first-order valence-corrected chi connectivity index (χ1v) is 7.38. The van der Waals surface area contributed by atoms with Gasteiger partial charge < -0.3 is 5.73 Å². The maximum absolute atomic E-state index is 6.46. The molecule has 2 rings (SSSR count). The van der Waals surface area contributed by atoms with Gasteiger partial charge in [-0.1, -0.05) is 19.8 Å². The van der Waals surface area contributed by atoms with Gasteiger partial charge in [0.2, 0.25) is 0 Å². The SMILES string of the molecule is CCC(C)N1CCN(CC2(N)CCCC2)CC1. The summed E-state index contributed by atoms with van der Waals surface area (Å²) in [6, 6.07) is 0.746. The minimum Gasteiger partial charge on any atom is -0.324 e. The van der Waals surface area contributed by atoms with Crippen molar-refractivity contribution in [2.45, 2.75) is 57.5 Å². The molecule has 0 aromatic heterocycles. The molecule has 0 aromatic rings. The van der Waals surface area contributed by atoms with Crippen LogP contribution in [0.1, 0.15) is 46.0 Å². The van der Waals surface area contributed by atoms with E-state index in [1.807, 2.05) is 0 Å². The van der Waals surface area contributed by atoms with Gasteiger partial charge in [0, 0.05) is 44.3 Å². The lowest BCUT2D eigenvalue weighted by Crippen LogP contribution is -2.55. The zero-order valence-electron chi connectivity index (χ0n) is 11.6. The third-order valence-electron chi connectivity index (χ3n) is 4.76. The van der Waals surface area contributed by atoms with Crippen LogP contribution in [0.25, 0.3) is 0 Å². The second kappa shape index (κ2) is 5.68. The van der Waals surface area contributed by atoms with Crippen molar-refractivity contribution in [2.75, 3.05) is 32.7 Å². The van der Waals surface area contributed by atoms with E-state index >= 15 is 0 Å². The van der Waals surface area contributed by atoms with Gasteiger partial charge in [0.25, 0.3) is 0 Å². The van der Waals surface area contributed by atoms with Gasteiger partial charge in [-0.05, 0) is 26.2 Å². The van der Waals surface area contributed by atoms with Crippen molar-refractivity contribution in [3.05, 3.63) is 0 Å². The molecule has 3 heteroatoms. The topological polar surface area (TPSA) is 32.5 Å². The molecule has 2 fully saturated rings. The fourth-order valence-electron chi connectivity index (χ4n) is 3.30. The highest BCUT2D eigenvalue weighted by atomic mass is 15.3. The normalized spacial score (nSPS) is 28.4. The third-order valence-corrected chi connectivity index (χ3v) is 4.76.